The summed E-state index contributed by atoms with van der Waals surface area (Å²) in [5.74, 6) is 0. The van der Waals surface area contributed by atoms with E-state index in [9.17, 15) is 10.1 Å². The van der Waals surface area contributed by atoms with Gasteiger partial charge in [-0.3, -0.25) is 10.1 Å². The predicted octanol–water partition coefficient (Wildman–Crippen LogP) is 4.07. The van der Waals surface area contributed by atoms with E-state index in [0.717, 1.165) is 35.2 Å². The predicted molar refractivity (Wildman–Crippen MR) is 92.7 cm³/mol. The zero-order chi connectivity index (χ0) is 16.4. The highest BCUT2D eigenvalue weighted by molar-refractivity contribution is 9.10. The molecule has 0 radical (unpaired) electrons. The van der Waals surface area contributed by atoms with Crippen LogP contribution in [0.3, 0.4) is 0 Å². The topological polar surface area (TPSA) is 55.6 Å². The molecule has 0 N–H and O–H groups in total. The summed E-state index contributed by atoms with van der Waals surface area (Å²) < 4.78 is 6.34. The molecule has 0 saturated carbocycles. The molecule has 1 aliphatic heterocycles. The number of methoxy groups -OCH3 is 1. The standard InChI is InChI=1S/C17H17BrN2O3/c1-23-11-13-9-14(20(21)22)5-6-17(13)19-8-7-12-3-2-4-16(18)15(12)10-19/h2-6,9H,7-8,10-11H2,1H3. The van der Waals surface area contributed by atoms with Gasteiger partial charge in [-0.1, -0.05) is 28.1 Å². The molecule has 0 amide bonds. The molecule has 0 bridgehead atoms. The van der Waals surface area contributed by atoms with Crippen molar-refractivity contribution in [2.45, 2.75) is 19.6 Å². The SMILES string of the molecule is COCc1cc([N+](=O)[O-])ccc1N1CCc2cccc(Br)c2C1. The van der Waals surface area contributed by atoms with Gasteiger partial charge < -0.3 is 9.64 Å². The van der Waals surface area contributed by atoms with Crippen LogP contribution in [0.25, 0.3) is 0 Å². The number of ether oxygens (including phenoxy) is 1. The average molecular weight is 377 g/mol. The van der Waals surface area contributed by atoms with E-state index in [1.165, 1.54) is 11.1 Å². The lowest BCUT2D eigenvalue weighted by Gasteiger charge is -2.32. The molecule has 0 spiro atoms. The van der Waals surface area contributed by atoms with Crippen molar-refractivity contribution in [2.75, 3.05) is 18.6 Å². The normalized spacial score (nSPS) is 13.7. The smallest absolute Gasteiger partial charge is 0.269 e. The number of non-ortho nitro benzene ring substituents is 1. The molecule has 0 fully saturated rings. The molecule has 3 rings (SSSR count). The molecule has 2 aromatic carbocycles. The Morgan fingerprint density at radius 2 is 2.17 bits per heavy atom. The second-order valence-electron chi connectivity index (χ2n) is 5.55. The minimum Gasteiger partial charge on any atom is -0.380 e. The molecule has 5 nitrogen and oxygen atoms in total. The highest BCUT2D eigenvalue weighted by Crippen LogP contribution is 2.33. The molecular formula is C17H17BrN2O3. The largest absolute Gasteiger partial charge is 0.380 e. The minimum atomic E-state index is -0.370. The summed E-state index contributed by atoms with van der Waals surface area (Å²) in [6.07, 6.45) is 0.957. The Hall–Kier alpha value is -1.92. The molecule has 1 aliphatic rings. The van der Waals surface area contributed by atoms with Gasteiger partial charge in [0.1, 0.15) is 0 Å². The summed E-state index contributed by atoms with van der Waals surface area (Å²) in [6, 6.07) is 11.3. The number of anilines is 1. The van der Waals surface area contributed by atoms with E-state index < -0.39 is 0 Å². The quantitative estimate of drug-likeness (QED) is 0.596. The first-order valence-corrected chi connectivity index (χ1v) is 8.17. The Bertz CT molecular complexity index is 749. The summed E-state index contributed by atoms with van der Waals surface area (Å²) in [6.45, 7) is 2.03. The number of nitro benzene ring substituents is 1. The number of hydrogen-bond donors (Lipinski definition) is 0. The summed E-state index contributed by atoms with van der Waals surface area (Å²) >= 11 is 3.62. The highest BCUT2D eigenvalue weighted by Gasteiger charge is 2.21. The van der Waals surface area contributed by atoms with Crippen LogP contribution in [0.4, 0.5) is 11.4 Å². The van der Waals surface area contributed by atoms with Gasteiger partial charge in [-0.15, -0.1) is 0 Å². The van der Waals surface area contributed by atoms with Gasteiger partial charge in [0.15, 0.2) is 0 Å². The first-order valence-electron chi connectivity index (χ1n) is 7.37. The molecule has 0 aliphatic carbocycles. The van der Waals surface area contributed by atoms with Crippen molar-refractivity contribution in [2.24, 2.45) is 0 Å². The maximum Gasteiger partial charge on any atom is 0.269 e. The molecule has 120 valence electrons. The highest BCUT2D eigenvalue weighted by atomic mass is 79.9. The van der Waals surface area contributed by atoms with Crippen molar-refractivity contribution < 1.29 is 9.66 Å². The monoisotopic (exact) mass is 376 g/mol. The van der Waals surface area contributed by atoms with E-state index in [0.29, 0.717) is 6.61 Å². The number of benzene rings is 2. The van der Waals surface area contributed by atoms with Gasteiger partial charge in [0.25, 0.3) is 5.69 Å². The van der Waals surface area contributed by atoms with Crippen LogP contribution in [-0.2, 0) is 24.3 Å². The Morgan fingerprint density at radius 1 is 1.35 bits per heavy atom. The summed E-state index contributed by atoms with van der Waals surface area (Å²) in [7, 11) is 1.60. The lowest BCUT2D eigenvalue weighted by Crippen LogP contribution is -2.31. The van der Waals surface area contributed by atoms with Crippen molar-refractivity contribution in [3.8, 4) is 0 Å². The molecular weight excluding hydrogens is 360 g/mol. The number of halogens is 1. The average Bonchev–Trinajstić information content (AvgIpc) is 2.55. The van der Waals surface area contributed by atoms with Crippen molar-refractivity contribution in [3.63, 3.8) is 0 Å². The first-order chi connectivity index (χ1) is 11.1. The Labute approximate surface area is 143 Å². The van der Waals surface area contributed by atoms with Gasteiger partial charge in [-0.25, -0.2) is 0 Å². The van der Waals surface area contributed by atoms with Crippen LogP contribution < -0.4 is 4.90 Å². The van der Waals surface area contributed by atoms with E-state index in [2.05, 4.69) is 33.0 Å². The third-order valence-corrected chi connectivity index (χ3v) is 4.87. The maximum absolute atomic E-state index is 11.0. The van der Waals surface area contributed by atoms with Crippen LogP contribution in [0, 0.1) is 10.1 Å². The number of nitro groups is 1. The van der Waals surface area contributed by atoms with Crippen LogP contribution in [0.2, 0.25) is 0 Å². The molecule has 1 heterocycles. The number of rotatable bonds is 4. The van der Waals surface area contributed by atoms with Gasteiger partial charge in [0.2, 0.25) is 0 Å². The summed E-state index contributed by atoms with van der Waals surface area (Å²) in [5, 5.41) is 11.0. The Kier molecular flexibility index (Phi) is 4.63. The zero-order valence-corrected chi connectivity index (χ0v) is 14.4. The van der Waals surface area contributed by atoms with E-state index in [-0.39, 0.29) is 10.6 Å². The zero-order valence-electron chi connectivity index (χ0n) is 12.8. The second-order valence-corrected chi connectivity index (χ2v) is 6.41. The van der Waals surface area contributed by atoms with E-state index in [1.807, 2.05) is 12.1 Å². The first kappa shape index (κ1) is 16.0. The van der Waals surface area contributed by atoms with Crippen molar-refractivity contribution in [1.29, 1.82) is 0 Å². The molecule has 0 saturated heterocycles. The van der Waals surface area contributed by atoms with Crippen molar-refractivity contribution in [1.82, 2.24) is 0 Å². The molecule has 0 aromatic heterocycles. The van der Waals surface area contributed by atoms with Crippen LogP contribution in [0.1, 0.15) is 16.7 Å². The Morgan fingerprint density at radius 3 is 2.91 bits per heavy atom. The van der Waals surface area contributed by atoms with Gasteiger partial charge >= 0.3 is 0 Å². The van der Waals surface area contributed by atoms with Crippen LogP contribution in [-0.4, -0.2) is 18.6 Å². The lowest BCUT2D eigenvalue weighted by atomic mass is 9.98. The van der Waals surface area contributed by atoms with E-state index in [4.69, 9.17) is 4.74 Å². The third kappa shape index (κ3) is 3.23. The fourth-order valence-electron chi connectivity index (χ4n) is 3.01. The third-order valence-electron chi connectivity index (χ3n) is 4.13. The molecule has 2 aromatic rings. The molecule has 6 heteroatoms. The molecule has 23 heavy (non-hydrogen) atoms. The molecule has 0 unspecified atom stereocenters. The minimum absolute atomic E-state index is 0.0967. The van der Waals surface area contributed by atoms with E-state index >= 15 is 0 Å². The van der Waals surface area contributed by atoms with Crippen LogP contribution in [0.15, 0.2) is 40.9 Å². The van der Waals surface area contributed by atoms with Gasteiger partial charge in [-0.2, -0.15) is 0 Å². The summed E-state index contributed by atoms with van der Waals surface area (Å²) in [4.78, 5) is 12.9. The van der Waals surface area contributed by atoms with Crippen LogP contribution in [0.5, 0.6) is 0 Å². The van der Waals surface area contributed by atoms with Crippen LogP contribution >= 0.6 is 15.9 Å². The van der Waals surface area contributed by atoms with Gasteiger partial charge in [-0.05, 0) is 29.7 Å². The maximum atomic E-state index is 11.0. The van der Waals surface area contributed by atoms with Crippen molar-refractivity contribution >= 4 is 27.3 Å². The second kappa shape index (κ2) is 6.68. The fraction of sp³-hybridized carbons (Fsp3) is 0.294. The van der Waals surface area contributed by atoms with Gasteiger partial charge in [0, 0.05) is 48.1 Å². The number of fused-ring (bicyclic) bond motifs is 1. The fourth-order valence-corrected chi connectivity index (χ4v) is 3.54. The van der Waals surface area contributed by atoms with Crippen molar-refractivity contribution in [3.05, 3.63) is 67.7 Å². The van der Waals surface area contributed by atoms with Gasteiger partial charge in [0.05, 0.1) is 11.5 Å². The summed E-state index contributed by atoms with van der Waals surface area (Å²) in [5.41, 5.74) is 4.57. The number of hydrogen-bond acceptors (Lipinski definition) is 4. The number of nitrogens with zero attached hydrogens (tertiary/aromatic N) is 2. The molecule has 0 atom stereocenters. The lowest BCUT2D eigenvalue weighted by molar-refractivity contribution is -0.384. The Balaban J connectivity index is 1.96. The van der Waals surface area contributed by atoms with E-state index in [1.54, 1.807) is 19.2 Å².